The Bertz CT molecular complexity index is 824. The number of fused-ring (bicyclic) bond motifs is 1. The molecule has 0 fully saturated rings. The number of aromatic nitrogens is 6. The zero-order chi connectivity index (χ0) is 14.3. The lowest BCUT2D eigenvalue weighted by molar-refractivity contribution is 0.758. The fourth-order valence-electron chi connectivity index (χ4n) is 1.97. The first kappa shape index (κ1) is 12.6. The Morgan fingerprint density at radius 1 is 1.35 bits per heavy atom. The van der Waals surface area contributed by atoms with Crippen LogP contribution in [0.3, 0.4) is 0 Å². The number of nitriles is 1. The molecule has 3 heterocycles. The Balaban J connectivity index is 2.30. The summed E-state index contributed by atoms with van der Waals surface area (Å²) in [7, 11) is 0. The molecule has 0 aliphatic heterocycles. The fraction of sp³-hybridized carbons (Fsp3) is 0.250. The first-order valence-electron chi connectivity index (χ1n) is 5.96. The van der Waals surface area contributed by atoms with Gasteiger partial charge < -0.3 is 4.98 Å². The molecule has 7 nitrogen and oxygen atoms in total. The van der Waals surface area contributed by atoms with E-state index in [1.807, 2.05) is 13.8 Å². The molecule has 0 unspecified atom stereocenters. The number of nitrogens with one attached hydrogen (secondary N) is 1. The van der Waals surface area contributed by atoms with Crippen molar-refractivity contribution in [3.05, 3.63) is 29.1 Å². The summed E-state index contributed by atoms with van der Waals surface area (Å²) >= 11 is 6.26. The van der Waals surface area contributed by atoms with E-state index in [1.54, 1.807) is 0 Å². The summed E-state index contributed by atoms with van der Waals surface area (Å²) < 4.78 is 1.44. The third kappa shape index (κ3) is 1.73. The van der Waals surface area contributed by atoms with E-state index >= 15 is 0 Å². The van der Waals surface area contributed by atoms with E-state index < -0.39 is 0 Å². The van der Waals surface area contributed by atoms with Gasteiger partial charge in [0.2, 0.25) is 0 Å². The van der Waals surface area contributed by atoms with Gasteiger partial charge in [0, 0.05) is 0 Å². The molecular weight excluding hydrogens is 278 g/mol. The molecule has 0 aliphatic carbocycles. The molecule has 20 heavy (non-hydrogen) atoms. The third-order valence-corrected chi connectivity index (χ3v) is 3.27. The molecule has 0 saturated carbocycles. The summed E-state index contributed by atoms with van der Waals surface area (Å²) in [6.45, 7) is 3.91. The second kappa shape index (κ2) is 4.58. The van der Waals surface area contributed by atoms with Crippen LogP contribution in [0.15, 0.2) is 12.7 Å². The molecule has 0 aromatic carbocycles. The number of imidazole rings is 1. The van der Waals surface area contributed by atoms with Gasteiger partial charge in [0.15, 0.2) is 16.6 Å². The average molecular weight is 288 g/mol. The third-order valence-electron chi connectivity index (χ3n) is 2.92. The van der Waals surface area contributed by atoms with Crippen LogP contribution in [0.4, 0.5) is 0 Å². The molecule has 3 aromatic heterocycles. The van der Waals surface area contributed by atoms with Crippen LogP contribution in [0.25, 0.3) is 17.0 Å². The van der Waals surface area contributed by atoms with E-state index in [2.05, 4.69) is 31.1 Å². The van der Waals surface area contributed by atoms with Gasteiger partial charge in [-0.3, -0.25) is 0 Å². The predicted molar refractivity (Wildman–Crippen MR) is 72.6 cm³/mol. The van der Waals surface area contributed by atoms with Crippen LogP contribution < -0.4 is 0 Å². The molecule has 3 aromatic rings. The smallest absolute Gasteiger partial charge is 0.184 e. The molecule has 8 heteroatoms. The Hall–Kier alpha value is -2.46. The lowest BCUT2D eigenvalue weighted by Gasteiger charge is -2.02. The van der Waals surface area contributed by atoms with Crippen molar-refractivity contribution in [1.82, 2.24) is 29.7 Å². The molecule has 3 rings (SSSR count). The summed E-state index contributed by atoms with van der Waals surface area (Å²) in [5.41, 5.74) is 2.15. The minimum Gasteiger partial charge on any atom is -0.340 e. The number of halogens is 1. The van der Waals surface area contributed by atoms with Crippen molar-refractivity contribution in [2.75, 3.05) is 0 Å². The van der Waals surface area contributed by atoms with E-state index in [0.29, 0.717) is 28.2 Å². The van der Waals surface area contributed by atoms with Crippen molar-refractivity contribution in [2.45, 2.75) is 19.8 Å². The van der Waals surface area contributed by atoms with Gasteiger partial charge in [0.05, 0.1) is 12.0 Å². The Kier molecular flexibility index (Phi) is 2.88. The summed E-state index contributed by atoms with van der Waals surface area (Å²) in [5, 5.41) is 13.9. The molecule has 0 saturated heterocycles. The highest BCUT2D eigenvalue weighted by atomic mass is 35.5. The molecule has 0 spiro atoms. The number of hydrogen-bond donors (Lipinski definition) is 1. The first-order valence-corrected chi connectivity index (χ1v) is 6.34. The Morgan fingerprint density at radius 2 is 2.15 bits per heavy atom. The summed E-state index contributed by atoms with van der Waals surface area (Å²) in [4.78, 5) is 15.2. The molecule has 0 aliphatic rings. The van der Waals surface area contributed by atoms with Crippen molar-refractivity contribution in [3.8, 4) is 11.9 Å². The lowest BCUT2D eigenvalue weighted by Crippen LogP contribution is -2.02. The predicted octanol–water partition coefficient (Wildman–Crippen LogP) is 2.19. The van der Waals surface area contributed by atoms with E-state index in [-0.39, 0.29) is 11.1 Å². The monoisotopic (exact) mass is 287 g/mol. The number of rotatable bonds is 2. The van der Waals surface area contributed by atoms with Crippen molar-refractivity contribution < 1.29 is 0 Å². The van der Waals surface area contributed by atoms with Gasteiger partial charge in [-0.05, 0) is 5.92 Å². The van der Waals surface area contributed by atoms with E-state index in [0.717, 1.165) is 0 Å². The SMILES string of the molecule is CC(C)c1nn(-c2ncnc3nc[nH]c23)c(Cl)c1C#N. The van der Waals surface area contributed by atoms with Gasteiger partial charge in [0.1, 0.15) is 23.5 Å². The molecule has 0 radical (unpaired) electrons. The maximum absolute atomic E-state index is 9.24. The van der Waals surface area contributed by atoms with Gasteiger partial charge in [-0.1, -0.05) is 25.4 Å². The zero-order valence-electron chi connectivity index (χ0n) is 10.8. The van der Waals surface area contributed by atoms with Crippen LogP contribution in [-0.2, 0) is 0 Å². The van der Waals surface area contributed by atoms with Crippen LogP contribution in [0.2, 0.25) is 5.15 Å². The molecule has 0 bridgehead atoms. The van der Waals surface area contributed by atoms with E-state index in [9.17, 15) is 5.26 Å². The van der Waals surface area contributed by atoms with Gasteiger partial charge in [-0.15, -0.1) is 0 Å². The second-order valence-electron chi connectivity index (χ2n) is 4.53. The minimum absolute atomic E-state index is 0.0856. The average Bonchev–Trinajstić information content (AvgIpc) is 3.02. The quantitative estimate of drug-likeness (QED) is 0.779. The van der Waals surface area contributed by atoms with Gasteiger partial charge in [-0.2, -0.15) is 15.0 Å². The number of hydrogen-bond acceptors (Lipinski definition) is 5. The van der Waals surface area contributed by atoms with Crippen molar-refractivity contribution in [1.29, 1.82) is 5.26 Å². The second-order valence-corrected chi connectivity index (χ2v) is 4.89. The van der Waals surface area contributed by atoms with E-state index in [1.165, 1.54) is 17.3 Å². The fourth-order valence-corrected chi connectivity index (χ4v) is 2.23. The molecule has 0 amide bonds. The summed E-state index contributed by atoms with van der Waals surface area (Å²) in [5.74, 6) is 0.559. The van der Waals surface area contributed by atoms with Gasteiger partial charge >= 0.3 is 0 Å². The van der Waals surface area contributed by atoms with Crippen LogP contribution in [-0.4, -0.2) is 29.7 Å². The topological polar surface area (TPSA) is 96.1 Å². The molecule has 1 N–H and O–H groups in total. The molecule has 100 valence electrons. The van der Waals surface area contributed by atoms with Gasteiger partial charge in [0.25, 0.3) is 0 Å². The van der Waals surface area contributed by atoms with Crippen LogP contribution in [0, 0.1) is 11.3 Å². The Labute approximate surface area is 119 Å². The zero-order valence-corrected chi connectivity index (χ0v) is 11.5. The standard InChI is InChI=1S/C12H10ClN7/c1-6(2)8-7(3-14)10(13)20(19-8)12-9-11(16-4-15-9)17-5-18-12/h4-6H,1-2H3,(H,15,16,17,18). The number of H-pyrrole nitrogens is 1. The Morgan fingerprint density at radius 3 is 2.80 bits per heavy atom. The van der Waals surface area contributed by atoms with Crippen LogP contribution in [0.5, 0.6) is 0 Å². The number of aromatic amines is 1. The van der Waals surface area contributed by atoms with Crippen molar-refractivity contribution in [2.24, 2.45) is 0 Å². The molecule has 0 atom stereocenters. The van der Waals surface area contributed by atoms with E-state index in [4.69, 9.17) is 11.6 Å². The van der Waals surface area contributed by atoms with Crippen molar-refractivity contribution >= 4 is 22.8 Å². The van der Waals surface area contributed by atoms with Crippen molar-refractivity contribution in [3.63, 3.8) is 0 Å². The van der Waals surface area contributed by atoms with Crippen LogP contribution >= 0.6 is 11.6 Å². The highest BCUT2D eigenvalue weighted by molar-refractivity contribution is 6.31. The minimum atomic E-state index is 0.0856. The summed E-state index contributed by atoms with van der Waals surface area (Å²) in [6.07, 6.45) is 2.91. The highest BCUT2D eigenvalue weighted by Gasteiger charge is 2.21. The first-order chi connectivity index (χ1) is 9.63. The molecular formula is C12H10ClN7. The highest BCUT2D eigenvalue weighted by Crippen LogP contribution is 2.28. The number of nitrogens with zero attached hydrogens (tertiary/aromatic N) is 6. The van der Waals surface area contributed by atoms with Crippen LogP contribution in [0.1, 0.15) is 31.0 Å². The summed E-state index contributed by atoms with van der Waals surface area (Å²) in [6, 6.07) is 2.09. The van der Waals surface area contributed by atoms with Gasteiger partial charge in [-0.25, -0.2) is 15.0 Å². The maximum Gasteiger partial charge on any atom is 0.184 e. The lowest BCUT2D eigenvalue weighted by atomic mass is 10.1. The normalized spacial score (nSPS) is 11.2. The largest absolute Gasteiger partial charge is 0.340 e. The maximum atomic E-state index is 9.24.